The van der Waals surface area contributed by atoms with Crippen molar-refractivity contribution in [2.45, 2.75) is 13.8 Å². The fourth-order valence-corrected chi connectivity index (χ4v) is 1.85. The summed E-state index contributed by atoms with van der Waals surface area (Å²) < 4.78 is 0. The smallest absolute Gasteiger partial charge is 0.311 e. The van der Waals surface area contributed by atoms with Gasteiger partial charge in [-0.05, 0) is 18.0 Å². The number of nitrogens with two attached hydrogens (primary N) is 1. The molecule has 106 valence electrons. The summed E-state index contributed by atoms with van der Waals surface area (Å²) in [6, 6.07) is 7.35. The van der Waals surface area contributed by atoms with E-state index in [9.17, 15) is 10.1 Å². The molecule has 0 fully saturated rings. The highest BCUT2D eigenvalue weighted by atomic mass is 16.6. The van der Waals surface area contributed by atoms with Gasteiger partial charge in [-0.1, -0.05) is 32.0 Å². The summed E-state index contributed by atoms with van der Waals surface area (Å²) in [7, 11) is 0. The Morgan fingerprint density at radius 2 is 2.10 bits per heavy atom. The van der Waals surface area contributed by atoms with Gasteiger partial charge in [0, 0.05) is 11.9 Å². The largest absolute Gasteiger partial charge is 0.378 e. The van der Waals surface area contributed by atoms with Gasteiger partial charge in [0.1, 0.15) is 11.9 Å². The molecule has 2 rings (SSSR count). The number of hydrogen-bond acceptors (Lipinski definition) is 5. The summed E-state index contributed by atoms with van der Waals surface area (Å²) >= 11 is 0. The maximum absolute atomic E-state index is 11.2. The normalized spacial score (nSPS) is 11.6. The van der Waals surface area contributed by atoms with Crippen molar-refractivity contribution in [3.63, 3.8) is 0 Å². The maximum atomic E-state index is 11.2. The zero-order chi connectivity index (χ0) is 14.8. The molecule has 0 aliphatic rings. The van der Waals surface area contributed by atoms with Gasteiger partial charge in [0.2, 0.25) is 0 Å². The first-order valence-corrected chi connectivity index (χ1v) is 6.41. The summed E-state index contributed by atoms with van der Waals surface area (Å²) in [6.45, 7) is 5.07. The number of rotatable bonds is 5. The van der Waals surface area contributed by atoms with Crippen LogP contribution in [0.5, 0.6) is 0 Å². The molecule has 6 nitrogen and oxygen atoms in total. The van der Waals surface area contributed by atoms with E-state index >= 15 is 0 Å². The monoisotopic (exact) mass is 274 g/mol. The molecule has 0 bridgehead atoms. The summed E-state index contributed by atoms with van der Waals surface area (Å²) in [5.74, 6) is 0. The predicted molar refractivity (Wildman–Crippen MR) is 79.7 cm³/mol. The summed E-state index contributed by atoms with van der Waals surface area (Å²) in [5, 5.41) is 15.1. The quantitative estimate of drug-likeness (QED) is 0.645. The SMILES string of the molecule is CC(C)(CN)CNc1c([N+](=O)[O-])cnc2ccccc12. The maximum Gasteiger partial charge on any atom is 0.311 e. The van der Waals surface area contributed by atoms with Gasteiger partial charge < -0.3 is 11.1 Å². The summed E-state index contributed by atoms with van der Waals surface area (Å²) in [6.07, 6.45) is 1.29. The van der Waals surface area contributed by atoms with Crippen LogP contribution in [-0.4, -0.2) is 23.0 Å². The lowest BCUT2D eigenvalue weighted by molar-refractivity contribution is -0.384. The van der Waals surface area contributed by atoms with Crippen molar-refractivity contribution in [3.05, 3.63) is 40.6 Å². The highest BCUT2D eigenvalue weighted by Gasteiger charge is 2.21. The van der Waals surface area contributed by atoms with Crippen molar-refractivity contribution < 1.29 is 4.92 Å². The predicted octanol–water partition coefficient (Wildman–Crippen LogP) is 2.54. The van der Waals surface area contributed by atoms with Crippen LogP contribution in [-0.2, 0) is 0 Å². The second-order valence-corrected chi connectivity index (χ2v) is 5.51. The second-order valence-electron chi connectivity index (χ2n) is 5.51. The third-order valence-electron chi connectivity index (χ3n) is 3.25. The fraction of sp³-hybridized carbons (Fsp3) is 0.357. The first kappa shape index (κ1) is 14.2. The summed E-state index contributed by atoms with van der Waals surface area (Å²) in [5.41, 5.74) is 6.77. The molecular formula is C14H18N4O2. The zero-order valence-electron chi connectivity index (χ0n) is 11.6. The molecule has 2 aromatic rings. The fourth-order valence-electron chi connectivity index (χ4n) is 1.85. The number of benzene rings is 1. The molecule has 0 unspecified atom stereocenters. The summed E-state index contributed by atoms with van der Waals surface area (Å²) in [4.78, 5) is 14.9. The molecule has 0 radical (unpaired) electrons. The molecule has 1 aromatic heterocycles. The first-order valence-electron chi connectivity index (χ1n) is 6.41. The van der Waals surface area contributed by atoms with Crippen LogP contribution in [0.25, 0.3) is 10.9 Å². The Labute approximate surface area is 117 Å². The van der Waals surface area contributed by atoms with Crippen LogP contribution in [0.1, 0.15) is 13.8 Å². The van der Waals surface area contributed by atoms with Crippen molar-refractivity contribution in [2.75, 3.05) is 18.4 Å². The molecule has 1 aromatic carbocycles. The average molecular weight is 274 g/mol. The number of pyridine rings is 1. The van der Waals surface area contributed by atoms with E-state index in [1.165, 1.54) is 6.20 Å². The minimum Gasteiger partial charge on any atom is -0.378 e. The van der Waals surface area contributed by atoms with Crippen LogP contribution < -0.4 is 11.1 Å². The molecular weight excluding hydrogens is 256 g/mol. The third-order valence-corrected chi connectivity index (χ3v) is 3.25. The van der Waals surface area contributed by atoms with Gasteiger partial charge in [-0.15, -0.1) is 0 Å². The van der Waals surface area contributed by atoms with E-state index in [-0.39, 0.29) is 11.1 Å². The van der Waals surface area contributed by atoms with Gasteiger partial charge in [-0.2, -0.15) is 0 Å². The first-order chi connectivity index (χ1) is 9.44. The lowest BCUT2D eigenvalue weighted by Gasteiger charge is -2.23. The Kier molecular flexibility index (Phi) is 3.85. The molecule has 0 atom stereocenters. The van der Waals surface area contributed by atoms with Gasteiger partial charge in [0.25, 0.3) is 0 Å². The Bertz CT molecular complexity index is 640. The van der Waals surface area contributed by atoms with Gasteiger partial charge in [0.15, 0.2) is 0 Å². The minimum atomic E-state index is -0.419. The lowest BCUT2D eigenvalue weighted by atomic mass is 9.93. The molecule has 0 spiro atoms. The van der Waals surface area contributed by atoms with E-state index in [0.717, 1.165) is 10.9 Å². The van der Waals surface area contributed by atoms with Crippen LogP contribution in [0.2, 0.25) is 0 Å². The van der Waals surface area contributed by atoms with E-state index in [1.54, 1.807) is 0 Å². The number of anilines is 1. The number of hydrogen-bond donors (Lipinski definition) is 2. The Morgan fingerprint density at radius 3 is 2.75 bits per heavy atom. The van der Waals surface area contributed by atoms with Crippen LogP contribution in [0.3, 0.4) is 0 Å². The van der Waals surface area contributed by atoms with Crippen molar-refractivity contribution in [2.24, 2.45) is 11.1 Å². The molecule has 0 aliphatic heterocycles. The van der Waals surface area contributed by atoms with Gasteiger partial charge in [-0.3, -0.25) is 10.1 Å². The average Bonchev–Trinajstić information content (AvgIpc) is 2.44. The van der Waals surface area contributed by atoms with E-state index in [4.69, 9.17) is 5.73 Å². The van der Waals surface area contributed by atoms with Crippen LogP contribution in [0.4, 0.5) is 11.4 Å². The van der Waals surface area contributed by atoms with Crippen LogP contribution in [0.15, 0.2) is 30.5 Å². The molecule has 0 amide bonds. The van der Waals surface area contributed by atoms with E-state index in [1.807, 2.05) is 38.1 Å². The van der Waals surface area contributed by atoms with E-state index < -0.39 is 4.92 Å². The molecule has 0 saturated heterocycles. The van der Waals surface area contributed by atoms with E-state index in [0.29, 0.717) is 18.8 Å². The topological polar surface area (TPSA) is 94.1 Å². The van der Waals surface area contributed by atoms with Gasteiger partial charge >= 0.3 is 5.69 Å². The molecule has 0 saturated carbocycles. The van der Waals surface area contributed by atoms with Crippen LogP contribution in [0, 0.1) is 15.5 Å². The van der Waals surface area contributed by atoms with E-state index in [2.05, 4.69) is 10.3 Å². The number of aromatic nitrogens is 1. The molecule has 3 N–H and O–H groups in total. The van der Waals surface area contributed by atoms with Crippen molar-refractivity contribution in [1.29, 1.82) is 0 Å². The standard InChI is InChI=1S/C14H18N4O2/c1-14(2,8-15)9-17-13-10-5-3-4-6-11(10)16-7-12(13)18(19)20/h3-7H,8-9,15H2,1-2H3,(H,16,17). The highest BCUT2D eigenvalue weighted by Crippen LogP contribution is 2.32. The van der Waals surface area contributed by atoms with Crippen LogP contribution >= 0.6 is 0 Å². The molecule has 0 aliphatic carbocycles. The number of fused-ring (bicyclic) bond motifs is 1. The van der Waals surface area contributed by atoms with Crippen molar-refractivity contribution >= 4 is 22.3 Å². The van der Waals surface area contributed by atoms with Crippen molar-refractivity contribution in [1.82, 2.24) is 4.98 Å². The van der Waals surface area contributed by atoms with Crippen molar-refractivity contribution in [3.8, 4) is 0 Å². The molecule has 20 heavy (non-hydrogen) atoms. The Balaban J connectivity index is 2.47. The zero-order valence-corrected chi connectivity index (χ0v) is 11.6. The number of nitrogens with zero attached hydrogens (tertiary/aromatic N) is 2. The lowest BCUT2D eigenvalue weighted by Crippen LogP contribution is -2.31. The minimum absolute atomic E-state index is 0.0171. The Morgan fingerprint density at radius 1 is 1.40 bits per heavy atom. The molecule has 6 heteroatoms. The van der Waals surface area contributed by atoms with Gasteiger partial charge in [-0.25, -0.2) is 4.98 Å². The van der Waals surface area contributed by atoms with Gasteiger partial charge in [0.05, 0.1) is 10.4 Å². The number of nitro groups is 1. The molecule has 1 heterocycles. The number of nitrogens with one attached hydrogen (secondary N) is 1. The highest BCUT2D eigenvalue weighted by molar-refractivity contribution is 5.95. The number of para-hydroxylation sites is 1. The Hall–Kier alpha value is -2.21. The second kappa shape index (κ2) is 5.42. The third kappa shape index (κ3) is 2.85.